The molecule has 8 heteroatoms. The van der Waals surface area contributed by atoms with Gasteiger partial charge >= 0.3 is 12.0 Å². The Balaban J connectivity index is 1.33. The van der Waals surface area contributed by atoms with Crippen LogP contribution in [-0.2, 0) is 4.79 Å². The largest absolute Gasteiger partial charge is 0.458 e. The molecule has 1 unspecified atom stereocenters. The molecule has 1 aromatic heterocycles. The number of carbonyl (C=O) groups is 2. The van der Waals surface area contributed by atoms with Crippen LogP contribution in [0.25, 0.3) is 0 Å². The Morgan fingerprint density at radius 1 is 1.14 bits per heavy atom. The highest BCUT2D eigenvalue weighted by Gasteiger charge is 2.33. The number of hydrogen-bond donors (Lipinski definition) is 0. The molecule has 4 rings (SSSR count). The first-order chi connectivity index (χ1) is 14.1. The zero-order valence-electron chi connectivity index (χ0n) is 16.5. The number of rotatable bonds is 5. The van der Waals surface area contributed by atoms with Crippen molar-refractivity contribution in [2.45, 2.75) is 25.9 Å². The number of likely N-dealkylation sites (tertiary alicyclic amines) is 1. The van der Waals surface area contributed by atoms with Gasteiger partial charge in [0.1, 0.15) is 12.6 Å². The number of benzene rings is 1. The lowest BCUT2D eigenvalue weighted by Gasteiger charge is -2.33. The maximum absolute atomic E-state index is 12.8. The molecule has 2 saturated heterocycles. The van der Waals surface area contributed by atoms with Gasteiger partial charge in [-0.05, 0) is 38.0 Å². The molecule has 2 aliphatic rings. The minimum absolute atomic E-state index is 0.0496. The van der Waals surface area contributed by atoms with Gasteiger partial charge in [0.25, 0.3) is 0 Å². The first-order valence-electron chi connectivity index (χ1n) is 9.95. The van der Waals surface area contributed by atoms with Crippen LogP contribution in [0.2, 0.25) is 0 Å². The Hall–Kier alpha value is -3.16. The number of urea groups is 1. The summed E-state index contributed by atoms with van der Waals surface area (Å²) >= 11 is 0. The summed E-state index contributed by atoms with van der Waals surface area (Å²) in [5.41, 5.74) is 2.01. The van der Waals surface area contributed by atoms with Crippen molar-refractivity contribution in [1.82, 2.24) is 19.8 Å². The molecule has 2 aromatic rings. The lowest BCUT2D eigenvalue weighted by atomic mass is 10.1. The van der Waals surface area contributed by atoms with Crippen molar-refractivity contribution in [1.29, 1.82) is 0 Å². The second-order valence-electron chi connectivity index (χ2n) is 7.44. The van der Waals surface area contributed by atoms with E-state index in [2.05, 4.69) is 9.97 Å². The summed E-state index contributed by atoms with van der Waals surface area (Å²) in [6.07, 6.45) is 4.84. The van der Waals surface area contributed by atoms with Crippen LogP contribution in [0.1, 0.15) is 18.4 Å². The molecule has 29 heavy (non-hydrogen) atoms. The van der Waals surface area contributed by atoms with Crippen molar-refractivity contribution >= 4 is 17.6 Å². The van der Waals surface area contributed by atoms with Gasteiger partial charge in [0, 0.05) is 37.7 Å². The molecule has 0 bridgehead atoms. The average Bonchev–Trinajstić information content (AvgIpc) is 3.10. The van der Waals surface area contributed by atoms with E-state index in [-0.39, 0.29) is 24.6 Å². The van der Waals surface area contributed by atoms with E-state index < -0.39 is 0 Å². The summed E-state index contributed by atoms with van der Waals surface area (Å²) in [7, 11) is 0. The number of aryl methyl sites for hydroxylation is 1. The lowest BCUT2D eigenvalue weighted by molar-refractivity contribution is -0.134. The topological polar surface area (TPSA) is 78.9 Å². The van der Waals surface area contributed by atoms with E-state index in [1.54, 1.807) is 33.2 Å². The first-order valence-corrected chi connectivity index (χ1v) is 9.95. The lowest BCUT2D eigenvalue weighted by Crippen LogP contribution is -2.48. The molecule has 1 aromatic carbocycles. The fourth-order valence-electron chi connectivity index (χ4n) is 3.71. The predicted molar refractivity (Wildman–Crippen MR) is 108 cm³/mol. The number of carbonyl (C=O) groups excluding carboxylic acids is 2. The van der Waals surface area contributed by atoms with E-state index in [0.717, 1.165) is 24.1 Å². The van der Waals surface area contributed by atoms with Crippen molar-refractivity contribution in [3.05, 3.63) is 48.3 Å². The van der Waals surface area contributed by atoms with Crippen LogP contribution in [0.5, 0.6) is 6.01 Å². The standard InChI is InChI=1S/C21H25N5O3/c1-16-5-7-17(8-6-16)26-13-12-25(21(26)28)15-19(27)24-11-2-4-18(14-24)29-20-22-9-3-10-23-20/h3,5-10,18H,2,4,11-15H2,1H3. The summed E-state index contributed by atoms with van der Waals surface area (Å²) in [6, 6.07) is 9.80. The second kappa shape index (κ2) is 8.46. The number of nitrogens with zero attached hydrogens (tertiary/aromatic N) is 5. The van der Waals surface area contributed by atoms with E-state index in [4.69, 9.17) is 4.74 Å². The van der Waals surface area contributed by atoms with Crippen molar-refractivity contribution in [2.24, 2.45) is 0 Å². The van der Waals surface area contributed by atoms with Gasteiger partial charge in [0.2, 0.25) is 5.91 Å². The molecule has 2 fully saturated rings. The van der Waals surface area contributed by atoms with Gasteiger partial charge in [-0.3, -0.25) is 9.69 Å². The monoisotopic (exact) mass is 395 g/mol. The SMILES string of the molecule is Cc1ccc(N2CCN(CC(=O)N3CCCC(Oc4ncccn4)C3)C2=O)cc1. The van der Waals surface area contributed by atoms with Crippen LogP contribution in [0.4, 0.5) is 10.5 Å². The fourth-order valence-corrected chi connectivity index (χ4v) is 3.71. The van der Waals surface area contributed by atoms with Gasteiger partial charge in [0.05, 0.1) is 6.54 Å². The van der Waals surface area contributed by atoms with Gasteiger partial charge in [-0.15, -0.1) is 0 Å². The maximum atomic E-state index is 12.8. The summed E-state index contributed by atoms with van der Waals surface area (Å²) in [5, 5.41) is 0. The smallest absolute Gasteiger partial charge is 0.325 e. The number of hydrogen-bond acceptors (Lipinski definition) is 5. The Kier molecular flexibility index (Phi) is 5.59. The molecule has 3 heterocycles. The van der Waals surface area contributed by atoms with Crippen LogP contribution in [-0.4, -0.2) is 70.5 Å². The van der Waals surface area contributed by atoms with Crippen LogP contribution in [0, 0.1) is 6.92 Å². The van der Waals surface area contributed by atoms with Gasteiger partial charge in [-0.2, -0.15) is 0 Å². The molecular weight excluding hydrogens is 370 g/mol. The van der Waals surface area contributed by atoms with Crippen molar-refractivity contribution in [3.63, 3.8) is 0 Å². The molecule has 1 atom stereocenters. The van der Waals surface area contributed by atoms with Gasteiger partial charge in [0.15, 0.2) is 0 Å². The number of anilines is 1. The third kappa shape index (κ3) is 4.47. The Morgan fingerprint density at radius 3 is 2.66 bits per heavy atom. The van der Waals surface area contributed by atoms with E-state index in [0.29, 0.717) is 32.2 Å². The van der Waals surface area contributed by atoms with E-state index >= 15 is 0 Å². The molecule has 3 amide bonds. The van der Waals surface area contributed by atoms with Gasteiger partial charge < -0.3 is 14.5 Å². The van der Waals surface area contributed by atoms with E-state index in [9.17, 15) is 9.59 Å². The van der Waals surface area contributed by atoms with Gasteiger partial charge in [-0.25, -0.2) is 14.8 Å². The molecule has 8 nitrogen and oxygen atoms in total. The molecule has 0 radical (unpaired) electrons. The maximum Gasteiger partial charge on any atom is 0.325 e. The Bertz CT molecular complexity index is 858. The van der Waals surface area contributed by atoms with Crippen molar-refractivity contribution in [2.75, 3.05) is 37.6 Å². The molecular formula is C21H25N5O3. The molecule has 0 aliphatic carbocycles. The Labute approximate surface area is 170 Å². The first kappa shape index (κ1) is 19.2. The van der Waals surface area contributed by atoms with Crippen LogP contribution in [0.15, 0.2) is 42.7 Å². The molecule has 0 N–H and O–H groups in total. The second-order valence-corrected chi connectivity index (χ2v) is 7.44. The van der Waals surface area contributed by atoms with Crippen molar-refractivity contribution < 1.29 is 14.3 Å². The quantitative estimate of drug-likeness (QED) is 0.775. The van der Waals surface area contributed by atoms with Crippen LogP contribution in [0.3, 0.4) is 0 Å². The minimum atomic E-state index is -0.131. The minimum Gasteiger partial charge on any atom is -0.458 e. The highest BCUT2D eigenvalue weighted by atomic mass is 16.5. The number of piperidine rings is 1. The van der Waals surface area contributed by atoms with Crippen LogP contribution >= 0.6 is 0 Å². The van der Waals surface area contributed by atoms with Crippen molar-refractivity contribution in [3.8, 4) is 6.01 Å². The molecule has 152 valence electrons. The summed E-state index contributed by atoms with van der Waals surface area (Å²) in [6.45, 7) is 4.41. The Morgan fingerprint density at radius 2 is 1.90 bits per heavy atom. The summed E-state index contributed by atoms with van der Waals surface area (Å²) in [5.74, 6) is -0.0496. The number of ether oxygens (including phenoxy) is 1. The highest BCUT2D eigenvalue weighted by molar-refractivity contribution is 5.96. The van der Waals surface area contributed by atoms with Crippen LogP contribution < -0.4 is 9.64 Å². The van der Waals surface area contributed by atoms with E-state index in [1.807, 2.05) is 31.2 Å². The van der Waals surface area contributed by atoms with E-state index in [1.165, 1.54) is 0 Å². The molecule has 2 aliphatic heterocycles. The normalized spacial score (nSPS) is 19.6. The summed E-state index contributed by atoms with van der Waals surface area (Å²) < 4.78 is 5.81. The number of amides is 3. The third-order valence-electron chi connectivity index (χ3n) is 5.31. The zero-order valence-corrected chi connectivity index (χ0v) is 16.5. The highest BCUT2D eigenvalue weighted by Crippen LogP contribution is 2.21. The predicted octanol–water partition coefficient (Wildman–Crippen LogP) is 2.10. The third-order valence-corrected chi connectivity index (χ3v) is 5.31. The fraction of sp³-hybridized carbons (Fsp3) is 0.429. The number of aromatic nitrogens is 2. The average molecular weight is 395 g/mol. The zero-order chi connectivity index (χ0) is 20.2. The van der Waals surface area contributed by atoms with Gasteiger partial charge in [-0.1, -0.05) is 17.7 Å². The molecule has 0 saturated carbocycles. The summed E-state index contributed by atoms with van der Waals surface area (Å²) in [4.78, 5) is 38.9. The molecule has 0 spiro atoms.